The molecule has 0 unspecified atom stereocenters. The number of nitrogens with zero attached hydrogens (tertiary/aromatic N) is 5. The molecular formula is C30H24N6-2. The van der Waals surface area contributed by atoms with Crippen LogP contribution in [0.15, 0.2) is 103 Å². The molecule has 36 heavy (non-hydrogen) atoms. The molecule has 0 spiro atoms. The first-order chi connectivity index (χ1) is 17.7. The molecule has 0 amide bonds. The Morgan fingerprint density at radius 3 is 2.08 bits per heavy atom. The van der Waals surface area contributed by atoms with Crippen LogP contribution in [-0.4, -0.2) is 25.3 Å². The van der Waals surface area contributed by atoms with Gasteiger partial charge in [0.1, 0.15) is 5.69 Å². The highest BCUT2D eigenvalue weighted by Gasteiger charge is 2.05. The predicted octanol–water partition coefficient (Wildman–Crippen LogP) is 6.32. The zero-order valence-electron chi connectivity index (χ0n) is 20.1. The molecule has 0 aliphatic rings. The van der Waals surface area contributed by atoms with E-state index in [1.807, 2.05) is 105 Å². The maximum absolute atomic E-state index is 4.64. The molecule has 0 atom stereocenters. The zero-order valence-corrected chi connectivity index (χ0v) is 20.1. The Morgan fingerprint density at radius 1 is 0.667 bits per heavy atom. The molecule has 2 aromatic carbocycles. The topological polar surface area (TPSA) is 81.4 Å². The Bertz CT molecular complexity index is 1430. The smallest absolute Gasteiger partial charge is 0.111 e. The lowest BCUT2D eigenvalue weighted by molar-refractivity contribution is 1.02. The lowest BCUT2D eigenvalue weighted by atomic mass is 10.1. The van der Waals surface area contributed by atoms with Crippen molar-refractivity contribution >= 4 is 0 Å². The fraction of sp³-hybridized carbons (Fsp3) is 0.0667. The van der Waals surface area contributed by atoms with Crippen molar-refractivity contribution in [2.24, 2.45) is 0 Å². The minimum Gasteiger partial charge on any atom is -0.574 e. The van der Waals surface area contributed by atoms with Crippen LogP contribution in [-0.2, 0) is 0 Å². The van der Waals surface area contributed by atoms with Crippen molar-refractivity contribution in [1.29, 1.82) is 0 Å². The number of aromatic amines is 1. The van der Waals surface area contributed by atoms with Gasteiger partial charge in [0.15, 0.2) is 0 Å². The molecule has 0 aliphatic heterocycles. The first-order valence-corrected chi connectivity index (χ1v) is 11.6. The molecular weight excluding hydrogens is 444 g/mol. The van der Waals surface area contributed by atoms with Gasteiger partial charge in [-0.1, -0.05) is 60.3 Å². The summed E-state index contributed by atoms with van der Waals surface area (Å²) in [6, 6.07) is 36.9. The van der Waals surface area contributed by atoms with Gasteiger partial charge in [-0.2, -0.15) is 5.10 Å². The number of hydrogen-bond donors (Lipinski definition) is 1. The van der Waals surface area contributed by atoms with Crippen LogP contribution in [0.25, 0.3) is 45.3 Å². The molecule has 6 nitrogen and oxygen atoms in total. The van der Waals surface area contributed by atoms with Gasteiger partial charge in [0.2, 0.25) is 0 Å². The largest absolute Gasteiger partial charge is 0.574 e. The first kappa shape index (κ1) is 22.9. The highest BCUT2D eigenvalue weighted by molar-refractivity contribution is 5.65. The van der Waals surface area contributed by atoms with Gasteiger partial charge in [0.25, 0.3) is 0 Å². The Morgan fingerprint density at radius 2 is 1.39 bits per heavy atom. The van der Waals surface area contributed by atoms with Crippen LogP contribution in [0.5, 0.6) is 0 Å². The third-order valence-corrected chi connectivity index (χ3v) is 5.44. The maximum Gasteiger partial charge on any atom is 0.111 e. The second-order valence-electron chi connectivity index (χ2n) is 8.27. The minimum absolute atomic E-state index is 0.810. The Labute approximate surface area is 210 Å². The van der Waals surface area contributed by atoms with Gasteiger partial charge in [0.05, 0.1) is 11.4 Å². The highest BCUT2D eigenvalue weighted by Crippen LogP contribution is 2.22. The molecule has 6 aromatic rings. The lowest BCUT2D eigenvalue weighted by Gasteiger charge is -2.11. The van der Waals surface area contributed by atoms with Crippen LogP contribution in [0.2, 0.25) is 0 Å². The highest BCUT2D eigenvalue weighted by atomic mass is 15.1. The van der Waals surface area contributed by atoms with E-state index in [1.54, 1.807) is 0 Å². The fourth-order valence-corrected chi connectivity index (χ4v) is 3.69. The number of aryl methyl sites for hydroxylation is 2. The molecule has 0 saturated heterocycles. The Hall–Kier alpha value is -4.84. The number of nitrogens with one attached hydrogen (secondary N) is 1. The summed E-state index contributed by atoms with van der Waals surface area (Å²) < 4.78 is 0. The SMILES string of the molecule is Cc1cc(-c2cccc(-c3[c-]cccc3)n2)[n-]n1.Cc1cc(-c2cccc(-c3ccccc3)n2)n[nH]1. The van der Waals surface area contributed by atoms with Crippen LogP contribution in [0.4, 0.5) is 0 Å². The number of aromatic nitrogens is 6. The predicted molar refractivity (Wildman–Crippen MR) is 142 cm³/mol. The van der Waals surface area contributed by atoms with Crippen molar-refractivity contribution in [3.63, 3.8) is 0 Å². The minimum atomic E-state index is 0.810. The number of rotatable bonds is 4. The van der Waals surface area contributed by atoms with Crippen molar-refractivity contribution in [2.45, 2.75) is 13.8 Å². The molecule has 0 saturated carbocycles. The molecule has 176 valence electrons. The number of benzene rings is 2. The van der Waals surface area contributed by atoms with Crippen molar-refractivity contribution in [2.75, 3.05) is 0 Å². The van der Waals surface area contributed by atoms with E-state index in [9.17, 15) is 0 Å². The molecule has 0 aliphatic carbocycles. The van der Waals surface area contributed by atoms with Gasteiger partial charge >= 0.3 is 0 Å². The lowest BCUT2D eigenvalue weighted by Crippen LogP contribution is -1.89. The average molecular weight is 469 g/mol. The van der Waals surface area contributed by atoms with Gasteiger partial charge in [-0.25, -0.2) is 4.98 Å². The van der Waals surface area contributed by atoms with Crippen molar-refractivity contribution in [1.82, 2.24) is 30.4 Å². The first-order valence-electron chi connectivity index (χ1n) is 11.6. The second kappa shape index (κ2) is 10.6. The standard InChI is InChI=1S/C15H13N3.C15H11N3/c2*1-11-10-15(18-17-11)14-9-5-8-13(16-14)12-6-3-2-4-7-12/h2-10H,1H3,(H,17,18);2-6,8-10H,1H3/q;-2. The summed E-state index contributed by atoms with van der Waals surface area (Å²) in [5, 5.41) is 15.3. The third kappa shape index (κ3) is 5.45. The molecule has 4 heterocycles. The third-order valence-electron chi connectivity index (χ3n) is 5.44. The van der Waals surface area contributed by atoms with E-state index in [4.69, 9.17) is 0 Å². The summed E-state index contributed by atoms with van der Waals surface area (Å²) >= 11 is 0. The van der Waals surface area contributed by atoms with Crippen LogP contribution < -0.4 is 5.10 Å². The second-order valence-corrected chi connectivity index (χ2v) is 8.27. The van der Waals surface area contributed by atoms with Crippen molar-refractivity contribution in [3.05, 3.63) is 121 Å². The van der Waals surface area contributed by atoms with Crippen LogP contribution in [0.3, 0.4) is 0 Å². The van der Waals surface area contributed by atoms with Gasteiger partial charge in [-0.05, 0) is 43.8 Å². The summed E-state index contributed by atoms with van der Waals surface area (Å²) in [7, 11) is 0. The summed E-state index contributed by atoms with van der Waals surface area (Å²) in [6.45, 7) is 3.91. The summed E-state index contributed by atoms with van der Waals surface area (Å²) in [4.78, 5) is 9.24. The van der Waals surface area contributed by atoms with Crippen molar-refractivity contribution < 1.29 is 0 Å². The van der Waals surface area contributed by atoms with E-state index in [2.05, 4.69) is 48.6 Å². The number of H-pyrrole nitrogens is 1. The molecule has 6 heteroatoms. The molecule has 0 fully saturated rings. The van der Waals surface area contributed by atoms with Gasteiger partial charge < -0.3 is 10.2 Å². The van der Waals surface area contributed by atoms with Crippen LogP contribution in [0.1, 0.15) is 11.4 Å². The normalized spacial score (nSPS) is 10.5. The maximum atomic E-state index is 4.64. The molecule has 1 N–H and O–H groups in total. The van der Waals surface area contributed by atoms with Crippen molar-refractivity contribution in [3.8, 4) is 45.3 Å². The summed E-state index contributed by atoms with van der Waals surface area (Å²) in [6.07, 6.45) is 0. The summed E-state index contributed by atoms with van der Waals surface area (Å²) in [5.41, 5.74) is 9.33. The molecule has 0 radical (unpaired) electrons. The monoisotopic (exact) mass is 468 g/mol. The van der Waals surface area contributed by atoms with E-state index < -0.39 is 0 Å². The number of pyridine rings is 2. The van der Waals surface area contributed by atoms with E-state index in [0.29, 0.717) is 0 Å². The Kier molecular flexibility index (Phi) is 6.76. The zero-order chi connectivity index (χ0) is 24.7. The van der Waals surface area contributed by atoms with Crippen LogP contribution in [0, 0.1) is 19.9 Å². The molecule has 6 rings (SSSR count). The molecule has 4 aromatic heterocycles. The Balaban J connectivity index is 0.000000148. The molecule has 0 bridgehead atoms. The van der Waals surface area contributed by atoms with Gasteiger partial charge in [0, 0.05) is 22.6 Å². The van der Waals surface area contributed by atoms with E-state index in [0.717, 1.165) is 56.7 Å². The number of hydrogen-bond acceptors (Lipinski definition) is 4. The average Bonchev–Trinajstić information content (AvgIpc) is 3.58. The van der Waals surface area contributed by atoms with E-state index in [-0.39, 0.29) is 0 Å². The van der Waals surface area contributed by atoms with E-state index in [1.165, 1.54) is 0 Å². The fourth-order valence-electron chi connectivity index (χ4n) is 3.69. The van der Waals surface area contributed by atoms with E-state index >= 15 is 0 Å². The quantitative estimate of drug-likeness (QED) is 0.306. The van der Waals surface area contributed by atoms with Gasteiger partial charge in [-0.15, -0.1) is 35.9 Å². The van der Waals surface area contributed by atoms with Gasteiger partial charge in [-0.3, -0.25) is 10.1 Å². The van der Waals surface area contributed by atoms with Crippen LogP contribution >= 0.6 is 0 Å². The summed E-state index contributed by atoms with van der Waals surface area (Å²) in [5.74, 6) is 0.